The Kier molecular flexibility index (Phi) is 4.75. The van der Waals surface area contributed by atoms with Crippen LogP contribution in [0.25, 0.3) is 11.4 Å². The van der Waals surface area contributed by atoms with Gasteiger partial charge in [0.15, 0.2) is 11.6 Å². The Morgan fingerprint density at radius 3 is 2.73 bits per heavy atom. The van der Waals surface area contributed by atoms with Gasteiger partial charge in [0.25, 0.3) is 0 Å². The third-order valence-corrected chi connectivity index (χ3v) is 5.48. The Bertz CT molecular complexity index is 795. The lowest BCUT2D eigenvalue weighted by molar-refractivity contribution is 0.102. The molecule has 1 aromatic carbocycles. The molecular formula is C15H12BrN3OS2. The standard InChI is InChI=1S/C15H12BrN3OS2/c1-9-2-4-10(5-3-9)14-17-15(19-18-14)21-8-11(20)12-6-7-13(16)22-12/h2-7H,8H2,1H3,(H,17,18,19). The highest BCUT2D eigenvalue weighted by atomic mass is 79.9. The highest BCUT2D eigenvalue weighted by Gasteiger charge is 2.12. The van der Waals surface area contributed by atoms with E-state index < -0.39 is 0 Å². The van der Waals surface area contributed by atoms with E-state index in [0.29, 0.717) is 16.7 Å². The molecule has 1 N–H and O–H groups in total. The number of Topliss-reactive ketones (excluding diaryl/α,β-unsaturated/α-hetero) is 1. The van der Waals surface area contributed by atoms with Gasteiger partial charge in [0, 0.05) is 5.56 Å². The van der Waals surface area contributed by atoms with Crippen LogP contribution in [-0.4, -0.2) is 26.7 Å². The van der Waals surface area contributed by atoms with Crippen molar-refractivity contribution in [1.29, 1.82) is 0 Å². The number of aryl methyl sites for hydroxylation is 1. The molecule has 22 heavy (non-hydrogen) atoms. The maximum Gasteiger partial charge on any atom is 0.209 e. The lowest BCUT2D eigenvalue weighted by Gasteiger charge is -1.96. The largest absolute Gasteiger partial charge is 0.292 e. The van der Waals surface area contributed by atoms with Crippen molar-refractivity contribution in [1.82, 2.24) is 15.2 Å². The molecular weight excluding hydrogens is 382 g/mol. The van der Waals surface area contributed by atoms with Gasteiger partial charge in [-0.2, -0.15) is 0 Å². The number of hydrogen-bond donors (Lipinski definition) is 1. The number of thiophene rings is 1. The molecule has 4 nitrogen and oxygen atoms in total. The molecule has 0 bridgehead atoms. The van der Waals surface area contributed by atoms with Gasteiger partial charge >= 0.3 is 0 Å². The zero-order valence-corrected chi connectivity index (χ0v) is 14.9. The van der Waals surface area contributed by atoms with Crippen LogP contribution < -0.4 is 0 Å². The normalized spacial score (nSPS) is 10.8. The number of nitrogens with one attached hydrogen (secondary N) is 1. The van der Waals surface area contributed by atoms with Gasteiger partial charge in [0.1, 0.15) is 0 Å². The summed E-state index contributed by atoms with van der Waals surface area (Å²) < 4.78 is 0.959. The highest BCUT2D eigenvalue weighted by molar-refractivity contribution is 9.11. The van der Waals surface area contributed by atoms with Crippen LogP contribution in [0.15, 0.2) is 45.3 Å². The Morgan fingerprint density at radius 2 is 2.05 bits per heavy atom. The number of carbonyl (C=O) groups excluding carboxylic acids is 1. The van der Waals surface area contributed by atoms with Crippen molar-refractivity contribution in [2.24, 2.45) is 0 Å². The lowest BCUT2D eigenvalue weighted by Crippen LogP contribution is -1.99. The van der Waals surface area contributed by atoms with Crippen molar-refractivity contribution in [3.05, 3.63) is 50.6 Å². The average molecular weight is 394 g/mol. The maximum absolute atomic E-state index is 12.0. The molecule has 7 heteroatoms. The van der Waals surface area contributed by atoms with Gasteiger partial charge in [0.2, 0.25) is 5.16 Å². The minimum Gasteiger partial charge on any atom is -0.292 e. The number of hydrogen-bond acceptors (Lipinski definition) is 5. The Balaban J connectivity index is 1.64. The third kappa shape index (κ3) is 3.66. The monoisotopic (exact) mass is 393 g/mol. The van der Waals surface area contributed by atoms with Gasteiger partial charge < -0.3 is 0 Å². The maximum atomic E-state index is 12.0. The van der Waals surface area contributed by atoms with E-state index in [2.05, 4.69) is 31.1 Å². The second-order valence-corrected chi connectivity index (χ2v) is 8.05. The first kappa shape index (κ1) is 15.5. The molecule has 112 valence electrons. The second kappa shape index (κ2) is 6.76. The van der Waals surface area contributed by atoms with E-state index in [0.717, 1.165) is 14.2 Å². The van der Waals surface area contributed by atoms with Gasteiger partial charge in [-0.1, -0.05) is 41.6 Å². The van der Waals surface area contributed by atoms with Crippen LogP contribution in [0.1, 0.15) is 15.2 Å². The third-order valence-electron chi connectivity index (χ3n) is 2.97. The summed E-state index contributed by atoms with van der Waals surface area (Å²) in [6, 6.07) is 11.8. The topological polar surface area (TPSA) is 58.6 Å². The van der Waals surface area contributed by atoms with Crippen molar-refractivity contribution in [2.75, 3.05) is 5.75 Å². The SMILES string of the molecule is Cc1ccc(-c2nc(SCC(=O)c3ccc(Br)s3)n[nH]2)cc1. The Labute approximate surface area is 144 Å². The molecule has 0 amide bonds. The van der Waals surface area contributed by atoms with Gasteiger partial charge in [0.05, 0.1) is 14.4 Å². The molecule has 0 aliphatic heterocycles. The summed E-state index contributed by atoms with van der Waals surface area (Å²) in [6.07, 6.45) is 0. The molecule has 0 spiro atoms. The van der Waals surface area contributed by atoms with Crippen LogP contribution in [0.5, 0.6) is 0 Å². The Hall–Kier alpha value is -1.44. The summed E-state index contributed by atoms with van der Waals surface area (Å²) in [7, 11) is 0. The first-order valence-electron chi connectivity index (χ1n) is 6.52. The van der Waals surface area contributed by atoms with Crippen LogP contribution in [0.3, 0.4) is 0 Å². The summed E-state index contributed by atoms with van der Waals surface area (Å²) in [4.78, 5) is 17.2. The number of rotatable bonds is 5. The minimum atomic E-state index is 0.0855. The number of carbonyl (C=O) groups is 1. The molecule has 2 aromatic heterocycles. The summed E-state index contributed by atoms with van der Waals surface area (Å²) in [6.45, 7) is 2.04. The quantitative estimate of drug-likeness (QED) is 0.508. The summed E-state index contributed by atoms with van der Waals surface area (Å²) in [5.74, 6) is 1.13. The zero-order valence-electron chi connectivity index (χ0n) is 11.7. The predicted octanol–water partition coefficient (Wildman–Crippen LogP) is 4.58. The number of halogens is 1. The molecule has 2 heterocycles. The fourth-order valence-corrected chi connectivity index (χ4v) is 3.91. The first-order chi connectivity index (χ1) is 10.6. The molecule has 0 aliphatic rings. The van der Waals surface area contributed by atoms with Crippen molar-refractivity contribution in [3.8, 4) is 11.4 Å². The lowest BCUT2D eigenvalue weighted by atomic mass is 10.1. The van der Waals surface area contributed by atoms with Gasteiger partial charge in [-0.25, -0.2) is 4.98 Å². The minimum absolute atomic E-state index is 0.0855. The van der Waals surface area contributed by atoms with Crippen molar-refractivity contribution < 1.29 is 4.79 Å². The fraction of sp³-hybridized carbons (Fsp3) is 0.133. The molecule has 0 unspecified atom stereocenters. The van der Waals surface area contributed by atoms with E-state index in [-0.39, 0.29) is 5.78 Å². The number of thioether (sulfide) groups is 1. The van der Waals surface area contributed by atoms with Crippen LogP contribution in [0, 0.1) is 6.92 Å². The van der Waals surface area contributed by atoms with Crippen molar-refractivity contribution >= 4 is 44.8 Å². The van der Waals surface area contributed by atoms with Crippen LogP contribution in [0.4, 0.5) is 0 Å². The number of nitrogens with zero attached hydrogens (tertiary/aromatic N) is 2. The number of aromatic nitrogens is 3. The van der Waals surface area contributed by atoms with Gasteiger partial charge in [-0.3, -0.25) is 9.89 Å². The molecule has 0 saturated carbocycles. The number of aromatic amines is 1. The summed E-state index contributed by atoms with van der Waals surface area (Å²) >= 11 is 6.14. The van der Waals surface area contributed by atoms with Crippen molar-refractivity contribution in [2.45, 2.75) is 12.1 Å². The van der Waals surface area contributed by atoms with Gasteiger partial charge in [-0.15, -0.1) is 16.4 Å². The first-order valence-corrected chi connectivity index (χ1v) is 9.12. The van der Waals surface area contributed by atoms with E-state index in [4.69, 9.17) is 0 Å². The molecule has 0 aliphatic carbocycles. The molecule has 0 fully saturated rings. The van der Waals surface area contributed by atoms with E-state index in [1.54, 1.807) is 0 Å². The highest BCUT2D eigenvalue weighted by Crippen LogP contribution is 2.25. The van der Waals surface area contributed by atoms with E-state index in [1.807, 2.05) is 43.3 Å². The van der Waals surface area contributed by atoms with E-state index >= 15 is 0 Å². The second-order valence-electron chi connectivity index (χ2n) is 4.65. The smallest absolute Gasteiger partial charge is 0.209 e. The number of ketones is 1. The Morgan fingerprint density at radius 1 is 1.27 bits per heavy atom. The van der Waals surface area contributed by atoms with E-state index in [1.165, 1.54) is 28.7 Å². The molecule has 3 aromatic rings. The van der Waals surface area contributed by atoms with Gasteiger partial charge in [-0.05, 0) is 35.0 Å². The number of benzene rings is 1. The fourth-order valence-electron chi connectivity index (χ4n) is 1.82. The van der Waals surface area contributed by atoms with Crippen molar-refractivity contribution in [3.63, 3.8) is 0 Å². The molecule has 0 radical (unpaired) electrons. The molecule has 0 saturated heterocycles. The number of H-pyrrole nitrogens is 1. The van der Waals surface area contributed by atoms with E-state index in [9.17, 15) is 4.79 Å². The summed E-state index contributed by atoms with van der Waals surface area (Å²) in [5, 5.41) is 7.65. The van der Waals surface area contributed by atoms with Crippen LogP contribution in [-0.2, 0) is 0 Å². The average Bonchev–Trinajstić information content (AvgIpc) is 3.15. The molecule has 3 rings (SSSR count). The molecule has 0 atom stereocenters. The van der Waals surface area contributed by atoms with Crippen LogP contribution in [0.2, 0.25) is 0 Å². The zero-order chi connectivity index (χ0) is 15.5. The predicted molar refractivity (Wildman–Crippen MR) is 93.6 cm³/mol. The summed E-state index contributed by atoms with van der Waals surface area (Å²) in [5.41, 5.74) is 2.18. The van der Waals surface area contributed by atoms with Crippen LogP contribution >= 0.6 is 39.0 Å².